The van der Waals surface area contributed by atoms with Crippen molar-refractivity contribution in [3.8, 4) is 0 Å². The van der Waals surface area contributed by atoms with E-state index in [1.54, 1.807) is 6.07 Å². The van der Waals surface area contributed by atoms with Crippen LogP contribution in [0.1, 0.15) is 33.1 Å². The molecule has 3 unspecified atom stereocenters. The number of nitrogens with one attached hydrogen (secondary N) is 1. The number of hydrogen-bond donors (Lipinski definition) is 2. The van der Waals surface area contributed by atoms with Gasteiger partial charge in [0.15, 0.2) is 0 Å². The molecular formula is C12H19BrN4. The second kappa shape index (κ2) is 5.21. The molecule has 17 heavy (non-hydrogen) atoms. The highest BCUT2D eigenvalue weighted by Gasteiger charge is 2.24. The highest BCUT2D eigenvalue weighted by molar-refractivity contribution is 9.10. The molecular weight excluding hydrogens is 280 g/mol. The Hall–Kier alpha value is -0.840. The first-order chi connectivity index (χ1) is 8.04. The monoisotopic (exact) mass is 298 g/mol. The summed E-state index contributed by atoms with van der Waals surface area (Å²) in [5.74, 6) is 2.70. The van der Waals surface area contributed by atoms with Crippen LogP contribution in [-0.4, -0.2) is 16.0 Å². The van der Waals surface area contributed by atoms with Crippen LogP contribution in [-0.2, 0) is 0 Å². The Labute approximate surface area is 111 Å². The van der Waals surface area contributed by atoms with Crippen molar-refractivity contribution in [1.82, 2.24) is 9.97 Å². The summed E-state index contributed by atoms with van der Waals surface area (Å²) in [5, 5.41) is 3.38. The maximum absolute atomic E-state index is 5.69. The molecule has 3 atom stereocenters. The van der Waals surface area contributed by atoms with Gasteiger partial charge in [0, 0.05) is 12.1 Å². The Morgan fingerprint density at radius 3 is 2.71 bits per heavy atom. The molecule has 1 heterocycles. The first-order valence-corrected chi connectivity index (χ1v) is 6.90. The maximum Gasteiger partial charge on any atom is 0.225 e. The predicted molar refractivity (Wildman–Crippen MR) is 73.7 cm³/mol. The van der Waals surface area contributed by atoms with Gasteiger partial charge in [-0.1, -0.05) is 13.8 Å². The largest absolute Gasteiger partial charge is 0.383 e. The molecule has 1 aromatic rings. The fourth-order valence-corrected chi connectivity index (χ4v) is 2.76. The standard InChI is InChI=1S/C12H19BrN4/c1-7-3-4-9(5-8(7)2)15-12-16-10(13)6-11(14)17-12/h6-9H,3-5H2,1-2H3,(H3,14,15,16,17). The zero-order valence-corrected chi connectivity index (χ0v) is 11.9. The summed E-state index contributed by atoms with van der Waals surface area (Å²) in [6, 6.07) is 2.17. The van der Waals surface area contributed by atoms with Crippen molar-refractivity contribution in [3.63, 3.8) is 0 Å². The molecule has 0 amide bonds. The van der Waals surface area contributed by atoms with Gasteiger partial charge in [0.25, 0.3) is 0 Å². The summed E-state index contributed by atoms with van der Waals surface area (Å²) in [6.07, 6.45) is 3.63. The molecule has 94 valence electrons. The Morgan fingerprint density at radius 1 is 1.29 bits per heavy atom. The number of hydrogen-bond acceptors (Lipinski definition) is 4. The summed E-state index contributed by atoms with van der Waals surface area (Å²) >= 11 is 3.33. The van der Waals surface area contributed by atoms with Crippen LogP contribution in [0.25, 0.3) is 0 Å². The number of halogens is 1. The second-order valence-electron chi connectivity index (χ2n) is 5.05. The smallest absolute Gasteiger partial charge is 0.225 e. The SMILES string of the molecule is CC1CCC(Nc2nc(N)cc(Br)n2)CC1C. The van der Waals surface area contributed by atoms with E-state index >= 15 is 0 Å². The zero-order chi connectivity index (χ0) is 12.4. The summed E-state index contributed by atoms with van der Waals surface area (Å²) in [6.45, 7) is 4.64. The summed E-state index contributed by atoms with van der Waals surface area (Å²) < 4.78 is 0.727. The zero-order valence-electron chi connectivity index (χ0n) is 10.3. The lowest BCUT2D eigenvalue weighted by atomic mass is 9.79. The van der Waals surface area contributed by atoms with Crippen LogP contribution >= 0.6 is 15.9 Å². The lowest BCUT2D eigenvalue weighted by Gasteiger charge is -2.32. The van der Waals surface area contributed by atoms with Gasteiger partial charge >= 0.3 is 0 Å². The number of rotatable bonds is 2. The number of nitrogens with two attached hydrogens (primary N) is 1. The molecule has 1 aromatic heterocycles. The molecule has 0 aliphatic heterocycles. The van der Waals surface area contributed by atoms with Crippen molar-refractivity contribution >= 4 is 27.7 Å². The predicted octanol–water partition coefficient (Wildman–Crippen LogP) is 3.06. The third kappa shape index (κ3) is 3.31. The van der Waals surface area contributed by atoms with Crippen molar-refractivity contribution in [2.24, 2.45) is 11.8 Å². The van der Waals surface area contributed by atoms with Crippen LogP contribution in [0.15, 0.2) is 10.7 Å². The summed E-state index contributed by atoms with van der Waals surface area (Å²) in [7, 11) is 0. The number of anilines is 2. The van der Waals surface area contributed by atoms with Crippen LogP contribution in [0.4, 0.5) is 11.8 Å². The van der Waals surface area contributed by atoms with Crippen molar-refractivity contribution in [2.45, 2.75) is 39.2 Å². The molecule has 4 nitrogen and oxygen atoms in total. The number of nitrogen functional groups attached to an aromatic ring is 1. The van der Waals surface area contributed by atoms with Gasteiger partial charge in [-0.3, -0.25) is 0 Å². The van der Waals surface area contributed by atoms with Crippen LogP contribution in [0.3, 0.4) is 0 Å². The molecule has 1 saturated carbocycles. The topological polar surface area (TPSA) is 63.8 Å². The molecule has 2 rings (SSSR count). The molecule has 1 aliphatic carbocycles. The van der Waals surface area contributed by atoms with Gasteiger partial charge in [-0.25, -0.2) is 4.98 Å². The molecule has 1 aliphatic rings. The maximum atomic E-state index is 5.69. The van der Waals surface area contributed by atoms with Crippen molar-refractivity contribution in [3.05, 3.63) is 10.7 Å². The molecule has 0 radical (unpaired) electrons. The minimum atomic E-state index is 0.467. The number of nitrogens with zero attached hydrogens (tertiary/aromatic N) is 2. The van der Waals surface area contributed by atoms with Gasteiger partial charge in [0.05, 0.1) is 0 Å². The van der Waals surface area contributed by atoms with Crippen molar-refractivity contribution in [2.75, 3.05) is 11.1 Å². The third-order valence-corrected chi connectivity index (χ3v) is 4.05. The highest BCUT2D eigenvalue weighted by Crippen LogP contribution is 2.30. The lowest BCUT2D eigenvalue weighted by Crippen LogP contribution is -2.31. The van der Waals surface area contributed by atoms with Crippen LogP contribution in [0, 0.1) is 11.8 Å². The van der Waals surface area contributed by atoms with Crippen LogP contribution in [0.2, 0.25) is 0 Å². The van der Waals surface area contributed by atoms with Gasteiger partial charge in [-0.15, -0.1) is 0 Å². The van der Waals surface area contributed by atoms with Crippen LogP contribution < -0.4 is 11.1 Å². The molecule has 5 heteroatoms. The molecule has 3 N–H and O–H groups in total. The minimum Gasteiger partial charge on any atom is -0.383 e. The Morgan fingerprint density at radius 2 is 2.06 bits per heavy atom. The van der Waals surface area contributed by atoms with E-state index in [-0.39, 0.29) is 0 Å². The van der Waals surface area contributed by atoms with E-state index in [1.807, 2.05) is 0 Å². The first kappa shape index (κ1) is 12.6. The van der Waals surface area contributed by atoms with E-state index in [4.69, 9.17) is 5.73 Å². The van der Waals surface area contributed by atoms with Crippen molar-refractivity contribution in [1.29, 1.82) is 0 Å². The van der Waals surface area contributed by atoms with Gasteiger partial charge in [-0.05, 0) is 47.0 Å². The molecule has 0 bridgehead atoms. The van der Waals surface area contributed by atoms with Crippen molar-refractivity contribution < 1.29 is 0 Å². The third-order valence-electron chi connectivity index (χ3n) is 3.65. The average molecular weight is 299 g/mol. The fourth-order valence-electron chi connectivity index (χ4n) is 2.36. The first-order valence-electron chi connectivity index (χ1n) is 6.11. The van der Waals surface area contributed by atoms with E-state index in [0.717, 1.165) is 16.4 Å². The highest BCUT2D eigenvalue weighted by atomic mass is 79.9. The minimum absolute atomic E-state index is 0.467. The van der Waals surface area contributed by atoms with E-state index in [0.29, 0.717) is 17.8 Å². The van der Waals surface area contributed by atoms with Gasteiger partial charge < -0.3 is 11.1 Å². The average Bonchev–Trinajstić information content (AvgIpc) is 2.22. The Balaban J connectivity index is 2.01. The summed E-state index contributed by atoms with van der Waals surface area (Å²) in [4.78, 5) is 8.48. The van der Waals surface area contributed by atoms with Gasteiger partial charge in [-0.2, -0.15) is 4.98 Å². The number of aromatic nitrogens is 2. The van der Waals surface area contributed by atoms with E-state index in [2.05, 4.69) is 45.1 Å². The Kier molecular flexibility index (Phi) is 3.86. The van der Waals surface area contributed by atoms with Gasteiger partial charge in [0.1, 0.15) is 10.4 Å². The molecule has 0 aromatic carbocycles. The quantitative estimate of drug-likeness (QED) is 0.824. The van der Waals surface area contributed by atoms with Crippen LogP contribution in [0.5, 0.6) is 0 Å². The molecule has 0 spiro atoms. The molecule has 0 saturated heterocycles. The lowest BCUT2D eigenvalue weighted by molar-refractivity contribution is 0.260. The van der Waals surface area contributed by atoms with E-state index in [9.17, 15) is 0 Å². The summed E-state index contributed by atoms with van der Waals surface area (Å²) in [5.41, 5.74) is 5.69. The Bertz CT molecular complexity index is 376. The van der Waals surface area contributed by atoms with Gasteiger partial charge in [0.2, 0.25) is 5.95 Å². The normalized spacial score (nSPS) is 29.0. The second-order valence-corrected chi connectivity index (χ2v) is 5.86. The molecule has 1 fully saturated rings. The van der Waals surface area contributed by atoms with E-state index in [1.165, 1.54) is 19.3 Å². The fraction of sp³-hybridized carbons (Fsp3) is 0.667. The van der Waals surface area contributed by atoms with E-state index < -0.39 is 0 Å².